The van der Waals surface area contributed by atoms with Crippen LogP contribution in [-0.2, 0) is 0 Å². The number of anilines is 1. The van der Waals surface area contributed by atoms with E-state index in [1.54, 1.807) is 25.3 Å². The van der Waals surface area contributed by atoms with E-state index in [1.165, 1.54) is 7.11 Å². The lowest BCUT2D eigenvalue weighted by Gasteiger charge is -2.12. The number of nitrogens with one attached hydrogen (secondary N) is 2. The van der Waals surface area contributed by atoms with Crippen molar-refractivity contribution in [2.75, 3.05) is 19.5 Å². The largest absolute Gasteiger partial charge is 0.497 e. The summed E-state index contributed by atoms with van der Waals surface area (Å²) >= 11 is 8.67. The highest BCUT2D eigenvalue weighted by molar-refractivity contribution is 9.10. The molecule has 0 atom stereocenters. The number of halogens is 1. The smallest absolute Gasteiger partial charge is 0.261 e. The van der Waals surface area contributed by atoms with Crippen molar-refractivity contribution >= 4 is 56.0 Å². The lowest BCUT2D eigenvalue weighted by molar-refractivity contribution is 0.0974. The van der Waals surface area contributed by atoms with E-state index in [4.69, 9.17) is 26.1 Å². The maximum Gasteiger partial charge on any atom is 0.261 e. The summed E-state index contributed by atoms with van der Waals surface area (Å²) in [6.45, 7) is 0. The monoisotopic (exact) mass is 511 g/mol. The molecule has 0 aliphatic heterocycles. The Kier molecular flexibility index (Phi) is 6.38. The van der Waals surface area contributed by atoms with E-state index >= 15 is 0 Å². The summed E-state index contributed by atoms with van der Waals surface area (Å²) in [4.78, 5) is 17.2. The van der Waals surface area contributed by atoms with Crippen LogP contribution in [0.15, 0.2) is 69.6 Å². The first-order chi connectivity index (χ1) is 15.5. The minimum Gasteiger partial charge on any atom is -0.497 e. The second-order valence-corrected chi connectivity index (χ2v) is 8.01. The standard InChI is InChI=1S/C23H18BrN3O4S/c1-29-16-7-9-20-18(12-16)26-22(31-20)13-4-3-5-15(10-13)25-23(32)27-21(28)17-11-14(24)6-8-19(17)30-2/h3-12H,1-2H3,(H2,25,27,28,32). The number of methoxy groups -OCH3 is 2. The van der Waals surface area contributed by atoms with Crippen molar-refractivity contribution in [2.24, 2.45) is 0 Å². The van der Waals surface area contributed by atoms with Gasteiger partial charge in [0, 0.05) is 21.8 Å². The van der Waals surface area contributed by atoms with Gasteiger partial charge in [-0.1, -0.05) is 22.0 Å². The predicted molar refractivity (Wildman–Crippen MR) is 130 cm³/mol. The lowest BCUT2D eigenvalue weighted by Crippen LogP contribution is -2.34. The average Bonchev–Trinajstić information content (AvgIpc) is 3.22. The Balaban J connectivity index is 1.50. The number of benzene rings is 3. The quantitative estimate of drug-likeness (QED) is 0.347. The number of carbonyl (C=O) groups excluding carboxylic acids is 1. The molecule has 32 heavy (non-hydrogen) atoms. The predicted octanol–water partition coefficient (Wildman–Crippen LogP) is 5.40. The number of fused-ring (bicyclic) bond motifs is 1. The van der Waals surface area contributed by atoms with Crippen LogP contribution in [0.3, 0.4) is 0 Å². The molecule has 0 aliphatic rings. The van der Waals surface area contributed by atoms with E-state index in [0.29, 0.717) is 39.7 Å². The number of amides is 1. The third-order valence-corrected chi connectivity index (χ3v) is 5.29. The number of ether oxygens (including phenoxy) is 2. The second-order valence-electron chi connectivity index (χ2n) is 6.69. The second kappa shape index (κ2) is 9.37. The molecule has 0 fully saturated rings. The van der Waals surface area contributed by atoms with Gasteiger partial charge in [0.2, 0.25) is 5.89 Å². The van der Waals surface area contributed by atoms with Crippen LogP contribution in [-0.4, -0.2) is 30.2 Å². The van der Waals surface area contributed by atoms with Crippen LogP contribution in [0, 0.1) is 0 Å². The summed E-state index contributed by atoms with van der Waals surface area (Å²) in [5.74, 6) is 1.23. The fourth-order valence-electron chi connectivity index (χ4n) is 3.08. The van der Waals surface area contributed by atoms with Crippen molar-refractivity contribution in [1.82, 2.24) is 10.3 Å². The number of oxazole rings is 1. The molecule has 1 amide bonds. The van der Waals surface area contributed by atoms with Gasteiger partial charge in [-0.25, -0.2) is 4.98 Å². The van der Waals surface area contributed by atoms with Crippen LogP contribution in [0.4, 0.5) is 5.69 Å². The van der Waals surface area contributed by atoms with Crippen LogP contribution in [0.25, 0.3) is 22.6 Å². The van der Waals surface area contributed by atoms with Crippen molar-refractivity contribution in [3.05, 3.63) is 70.7 Å². The summed E-state index contributed by atoms with van der Waals surface area (Å²) in [5.41, 5.74) is 3.15. The summed E-state index contributed by atoms with van der Waals surface area (Å²) in [5, 5.41) is 5.83. The molecule has 1 heterocycles. The average molecular weight is 512 g/mol. The first-order valence-electron chi connectivity index (χ1n) is 9.47. The molecule has 9 heteroatoms. The number of rotatable bonds is 5. The van der Waals surface area contributed by atoms with Crippen molar-refractivity contribution in [1.29, 1.82) is 0 Å². The molecule has 0 aliphatic carbocycles. The molecule has 2 N–H and O–H groups in total. The maximum atomic E-state index is 12.6. The van der Waals surface area contributed by atoms with Crippen molar-refractivity contribution in [3.63, 3.8) is 0 Å². The van der Waals surface area contributed by atoms with E-state index in [9.17, 15) is 4.79 Å². The van der Waals surface area contributed by atoms with Gasteiger partial charge >= 0.3 is 0 Å². The van der Waals surface area contributed by atoms with Gasteiger partial charge in [-0.3, -0.25) is 10.1 Å². The molecule has 4 rings (SSSR count). The Labute approximate surface area is 197 Å². The molecule has 0 saturated heterocycles. The third kappa shape index (κ3) is 4.74. The highest BCUT2D eigenvalue weighted by atomic mass is 79.9. The molecule has 0 bridgehead atoms. The molecule has 0 radical (unpaired) electrons. The molecule has 162 valence electrons. The molecule has 4 aromatic rings. The number of hydrogen-bond donors (Lipinski definition) is 2. The molecule has 0 spiro atoms. The molecular weight excluding hydrogens is 494 g/mol. The van der Waals surface area contributed by atoms with Crippen LogP contribution in [0.1, 0.15) is 10.4 Å². The molecule has 0 unspecified atom stereocenters. The van der Waals surface area contributed by atoms with Crippen molar-refractivity contribution < 1.29 is 18.7 Å². The number of aromatic nitrogens is 1. The topological polar surface area (TPSA) is 85.6 Å². The Morgan fingerprint density at radius 2 is 1.91 bits per heavy atom. The fraction of sp³-hybridized carbons (Fsp3) is 0.0870. The van der Waals surface area contributed by atoms with Gasteiger partial charge < -0.3 is 19.2 Å². The Morgan fingerprint density at radius 1 is 1.06 bits per heavy atom. The van der Waals surface area contributed by atoms with Gasteiger partial charge in [-0.05, 0) is 60.7 Å². The van der Waals surface area contributed by atoms with Crippen LogP contribution >= 0.6 is 28.1 Å². The first-order valence-corrected chi connectivity index (χ1v) is 10.7. The highest BCUT2D eigenvalue weighted by Gasteiger charge is 2.15. The van der Waals surface area contributed by atoms with Gasteiger partial charge in [-0.15, -0.1) is 0 Å². The van der Waals surface area contributed by atoms with E-state index in [0.717, 1.165) is 10.0 Å². The maximum absolute atomic E-state index is 12.6. The summed E-state index contributed by atoms with van der Waals surface area (Å²) in [6, 6.07) is 18.0. The van der Waals surface area contributed by atoms with Gasteiger partial charge in [0.25, 0.3) is 5.91 Å². The summed E-state index contributed by atoms with van der Waals surface area (Å²) < 4.78 is 17.1. The van der Waals surface area contributed by atoms with E-state index in [2.05, 4.69) is 31.5 Å². The van der Waals surface area contributed by atoms with Gasteiger partial charge in [0.15, 0.2) is 10.7 Å². The Hall–Kier alpha value is -3.43. The van der Waals surface area contributed by atoms with Gasteiger partial charge in [0.1, 0.15) is 17.0 Å². The molecule has 0 saturated carbocycles. The van der Waals surface area contributed by atoms with Crippen LogP contribution < -0.4 is 20.1 Å². The summed E-state index contributed by atoms with van der Waals surface area (Å²) in [6.07, 6.45) is 0. The zero-order valence-corrected chi connectivity index (χ0v) is 19.5. The minimum absolute atomic E-state index is 0.150. The van der Waals surface area contributed by atoms with Crippen LogP contribution in [0.5, 0.6) is 11.5 Å². The zero-order valence-electron chi connectivity index (χ0n) is 17.1. The van der Waals surface area contributed by atoms with Gasteiger partial charge in [-0.2, -0.15) is 0 Å². The van der Waals surface area contributed by atoms with E-state index in [1.807, 2.05) is 42.5 Å². The SMILES string of the molecule is COc1ccc2oc(-c3cccc(NC(=S)NC(=O)c4cc(Br)ccc4OC)c3)nc2c1. The Bertz CT molecular complexity index is 1320. The molecular formula is C23H18BrN3O4S. The first kappa shape index (κ1) is 21.8. The normalized spacial score (nSPS) is 10.6. The van der Waals surface area contributed by atoms with Crippen molar-refractivity contribution in [2.45, 2.75) is 0 Å². The third-order valence-electron chi connectivity index (χ3n) is 4.60. The van der Waals surface area contributed by atoms with Crippen molar-refractivity contribution in [3.8, 4) is 23.0 Å². The number of thiocarbonyl (C=S) groups is 1. The number of carbonyl (C=O) groups is 1. The molecule has 3 aromatic carbocycles. The van der Waals surface area contributed by atoms with Crippen LogP contribution in [0.2, 0.25) is 0 Å². The van der Waals surface area contributed by atoms with E-state index < -0.39 is 0 Å². The lowest BCUT2D eigenvalue weighted by atomic mass is 10.2. The fourth-order valence-corrected chi connectivity index (χ4v) is 3.65. The van der Waals surface area contributed by atoms with Gasteiger partial charge in [0.05, 0.1) is 19.8 Å². The highest BCUT2D eigenvalue weighted by Crippen LogP contribution is 2.28. The minimum atomic E-state index is -0.385. The molecule has 7 nitrogen and oxygen atoms in total. The summed E-state index contributed by atoms with van der Waals surface area (Å²) in [7, 11) is 3.11. The van der Waals surface area contributed by atoms with E-state index in [-0.39, 0.29) is 11.0 Å². The number of nitrogens with zero attached hydrogens (tertiary/aromatic N) is 1. The molecule has 1 aromatic heterocycles. The number of hydrogen-bond acceptors (Lipinski definition) is 6. The zero-order chi connectivity index (χ0) is 22.7. The Morgan fingerprint density at radius 3 is 2.69 bits per heavy atom.